The molecule has 1 saturated heterocycles. The van der Waals surface area contributed by atoms with Crippen molar-refractivity contribution in [1.82, 2.24) is 4.90 Å². The molecule has 0 radical (unpaired) electrons. The molecule has 1 fully saturated rings. The summed E-state index contributed by atoms with van der Waals surface area (Å²) in [5.41, 5.74) is 6.84. The van der Waals surface area contributed by atoms with Crippen molar-refractivity contribution in [2.75, 3.05) is 13.1 Å². The molecule has 1 aromatic rings. The Hall–Kier alpha value is -0.930. The average molecular weight is 250 g/mol. The summed E-state index contributed by atoms with van der Waals surface area (Å²) in [6.07, 6.45) is 2.44. The molecule has 100 valence electrons. The van der Waals surface area contributed by atoms with Gasteiger partial charge in [-0.1, -0.05) is 25.1 Å². The molecular formula is C15H23FN2. The van der Waals surface area contributed by atoms with Gasteiger partial charge < -0.3 is 5.73 Å². The van der Waals surface area contributed by atoms with Crippen molar-refractivity contribution >= 4 is 0 Å². The minimum atomic E-state index is -0.141. The van der Waals surface area contributed by atoms with E-state index in [1.807, 2.05) is 19.1 Å². The summed E-state index contributed by atoms with van der Waals surface area (Å²) in [6, 6.07) is 6.94. The zero-order chi connectivity index (χ0) is 13.1. The second kappa shape index (κ2) is 5.81. The summed E-state index contributed by atoms with van der Waals surface area (Å²) in [6.45, 7) is 6.26. The minimum absolute atomic E-state index is 0.00560. The number of halogens is 1. The van der Waals surface area contributed by atoms with Gasteiger partial charge in [-0.15, -0.1) is 0 Å². The zero-order valence-electron chi connectivity index (χ0n) is 11.3. The van der Waals surface area contributed by atoms with Crippen molar-refractivity contribution in [3.05, 3.63) is 35.6 Å². The largest absolute Gasteiger partial charge is 0.326 e. The predicted octanol–water partition coefficient (Wildman–Crippen LogP) is 2.95. The van der Waals surface area contributed by atoms with Gasteiger partial charge in [0.05, 0.1) is 6.04 Å². The molecule has 2 nitrogen and oxygen atoms in total. The fourth-order valence-corrected chi connectivity index (χ4v) is 3.01. The van der Waals surface area contributed by atoms with Crippen molar-refractivity contribution in [1.29, 1.82) is 0 Å². The van der Waals surface area contributed by atoms with Gasteiger partial charge in [0.15, 0.2) is 0 Å². The molecule has 3 unspecified atom stereocenters. The molecular weight excluding hydrogens is 227 g/mol. The molecule has 0 spiro atoms. The number of likely N-dealkylation sites (tertiary alicyclic amines) is 1. The maximum atomic E-state index is 14.0. The zero-order valence-corrected chi connectivity index (χ0v) is 11.3. The lowest BCUT2D eigenvalue weighted by atomic mass is 9.93. The second-order valence-electron chi connectivity index (χ2n) is 5.57. The van der Waals surface area contributed by atoms with Gasteiger partial charge in [-0.25, -0.2) is 4.39 Å². The summed E-state index contributed by atoms with van der Waals surface area (Å²) < 4.78 is 14.0. The molecule has 3 heteroatoms. The van der Waals surface area contributed by atoms with E-state index in [9.17, 15) is 4.39 Å². The van der Waals surface area contributed by atoms with Gasteiger partial charge in [0.1, 0.15) is 5.82 Å². The quantitative estimate of drug-likeness (QED) is 0.893. The number of nitrogens with two attached hydrogens (primary N) is 1. The SMILES string of the molecule is CC1CCCN(C(c2ccccc2F)C(C)N)C1. The first-order valence-electron chi connectivity index (χ1n) is 6.83. The standard InChI is InChI=1S/C15H23FN2/c1-11-6-5-9-18(10-11)15(12(2)17)13-7-3-4-8-14(13)16/h3-4,7-8,11-12,15H,5-6,9-10,17H2,1-2H3. The van der Waals surface area contributed by atoms with E-state index in [1.54, 1.807) is 6.07 Å². The van der Waals surface area contributed by atoms with E-state index in [0.29, 0.717) is 5.92 Å². The van der Waals surface area contributed by atoms with Crippen molar-refractivity contribution in [2.45, 2.75) is 38.8 Å². The normalized spacial score (nSPS) is 24.8. The third-order valence-corrected chi connectivity index (χ3v) is 3.80. The highest BCUT2D eigenvalue weighted by Crippen LogP contribution is 2.30. The summed E-state index contributed by atoms with van der Waals surface area (Å²) >= 11 is 0. The van der Waals surface area contributed by atoms with Gasteiger partial charge in [-0.05, 0) is 38.3 Å². The number of piperidine rings is 1. The van der Waals surface area contributed by atoms with E-state index in [0.717, 1.165) is 18.7 Å². The Balaban J connectivity index is 2.26. The van der Waals surface area contributed by atoms with Crippen LogP contribution in [-0.2, 0) is 0 Å². The number of nitrogens with zero attached hydrogens (tertiary/aromatic N) is 1. The van der Waals surface area contributed by atoms with E-state index in [-0.39, 0.29) is 17.9 Å². The highest BCUT2D eigenvalue weighted by molar-refractivity contribution is 5.23. The number of benzene rings is 1. The lowest BCUT2D eigenvalue weighted by Gasteiger charge is -2.39. The van der Waals surface area contributed by atoms with Crippen molar-refractivity contribution in [3.8, 4) is 0 Å². The van der Waals surface area contributed by atoms with Crippen molar-refractivity contribution < 1.29 is 4.39 Å². The Morgan fingerprint density at radius 1 is 1.39 bits per heavy atom. The van der Waals surface area contributed by atoms with Crippen LogP contribution in [-0.4, -0.2) is 24.0 Å². The topological polar surface area (TPSA) is 29.3 Å². The predicted molar refractivity (Wildman–Crippen MR) is 72.8 cm³/mol. The van der Waals surface area contributed by atoms with E-state index >= 15 is 0 Å². The monoisotopic (exact) mass is 250 g/mol. The summed E-state index contributed by atoms with van der Waals surface area (Å²) in [5, 5.41) is 0. The summed E-state index contributed by atoms with van der Waals surface area (Å²) in [5.74, 6) is 0.532. The van der Waals surface area contributed by atoms with Gasteiger partial charge in [-0.2, -0.15) is 0 Å². The lowest BCUT2D eigenvalue weighted by Crippen LogP contribution is -2.44. The molecule has 18 heavy (non-hydrogen) atoms. The number of hydrogen-bond acceptors (Lipinski definition) is 2. The molecule has 2 N–H and O–H groups in total. The molecule has 3 atom stereocenters. The molecule has 1 aliphatic rings. The van der Waals surface area contributed by atoms with Crippen LogP contribution >= 0.6 is 0 Å². The number of hydrogen-bond donors (Lipinski definition) is 1. The minimum Gasteiger partial charge on any atom is -0.326 e. The Bertz CT molecular complexity index is 392. The molecule has 0 aliphatic carbocycles. The Morgan fingerprint density at radius 3 is 2.72 bits per heavy atom. The molecule has 0 bridgehead atoms. The Labute approximate surface area is 109 Å². The summed E-state index contributed by atoms with van der Waals surface area (Å²) in [7, 11) is 0. The van der Waals surface area contributed by atoms with E-state index < -0.39 is 0 Å². The Kier molecular flexibility index (Phi) is 4.36. The maximum absolute atomic E-state index is 14.0. The first-order valence-corrected chi connectivity index (χ1v) is 6.83. The van der Waals surface area contributed by atoms with Gasteiger partial charge >= 0.3 is 0 Å². The van der Waals surface area contributed by atoms with Crippen LogP contribution in [0.4, 0.5) is 4.39 Å². The highest BCUT2D eigenvalue weighted by atomic mass is 19.1. The van der Waals surface area contributed by atoms with Crippen LogP contribution in [0.25, 0.3) is 0 Å². The van der Waals surface area contributed by atoms with Crippen LogP contribution in [0.15, 0.2) is 24.3 Å². The lowest BCUT2D eigenvalue weighted by molar-refractivity contribution is 0.114. The van der Waals surface area contributed by atoms with Gasteiger partial charge in [0, 0.05) is 18.2 Å². The third kappa shape index (κ3) is 2.90. The van der Waals surface area contributed by atoms with Crippen LogP contribution in [0.3, 0.4) is 0 Å². The third-order valence-electron chi connectivity index (χ3n) is 3.80. The molecule has 1 aliphatic heterocycles. The highest BCUT2D eigenvalue weighted by Gasteiger charge is 2.29. The molecule has 1 heterocycles. The molecule has 2 rings (SSSR count). The molecule has 0 aromatic heterocycles. The van der Waals surface area contributed by atoms with E-state index in [2.05, 4.69) is 11.8 Å². The van der Waals surface area contributed by atoms with Gasteiger partial charge in [0.25, 0.3) is 0 Å². The average Bonchev–Trinajstić information content (AvgIpc) is 2.32. The maximum Gasteiger partial charge on any atom is 0.128 e. The Morgan fingerprint density at radius 2 is 2.11 bits per heavy atom. The van der Waals surface area contributed by atoms with Crippen LogP contribution < -0.4 is 5.73 Å². The fraction of sp³-hybridized carbons (Fsp3) is 0.600. The van der Waals surface area contributed by atoms with Crippen molar-refractivity contribution in [2.24, 2.45) is 11.7 Å². The van der Waals surface area contributed by atoms with Crippen LogP contribution in [0.2, 0.25) is 0 Å². The van der Waals surface area contributed by atoms with Crippen LogP contribution in [0, 0.1) is 11.7 Å². The first kappa shape index (κ1) is 13.5. The fourth-order valence-electron chi connectivity index (χ4n) is 3.01. The molecule has 0 saturated carbocycles. The van der Waals surface area contributed by atoms with E-state index in [1.165, 1.54) is 18.9 Å². The summed E-state index contributed by atoms with van der Waals surface area (Å²) in [4.78, 5) is 2.34. The smallest absolute Gasteiger partial charge is 0.128 e. The van der Waals surface area contributed by atoms with Gasteiger partial charge in [-0.3, -0.25) is 4.90 Å². The number of rotatable bonds is 3. The van der Waals surface area contributed by atoms with Gasteiger partial charge in [0.2, 0.25) is 0 Å². The van der Waals surface area contributed by atoms with Crippen LogP contribution in [0.5, 0.6) is 0 Å². The second-order valence-corrected chi connectivity index (χ2v) is 5.57. The van der Waals surface area contributed by atoms with Crippen molar-refractivity contribution in [3.63, 3.8) is 0 Å². The molecule has 0 amide bonds. The van der Waals surface area contributed by atoms with E-state index in [4.69, 9.17) is 5.73 Å². The molecule has 1 aromatic carbocycles. The first-order chi connectivity index (χ1) is 8.59. The van der Waals surface area contributed by atoms with Crippen LogP contribution in [0.1, 0.15) is 38.3 Å².